The number of ketones is 1. The van der Waals surface area contributed by atoms with Gasteiger partial charge in [-0.1, -0.05) is 23.2 Å². The number of benzene rings is 2. The minimum Gasteiger partial charge on any atom is -0.507 e. The number of aromatic hydroxyl groups is 1. The molecular weight excluding hydrogens is 391 g/mol. The average Bonchev–Trinajstić information content (AvgIpc) is 2.92. The summed E-state index contributed by atoms with van der Waals surface area (Å²) in [5.74, 6) is -0.309. The van der Waals surface area contributed by atoms with Gasteiger partial charge < -0.3 is 9.52 Å². The minimum absolute atomic E-state index is 0.00661. The number of phenolic OH excluding ortho intramolecular Hbond substituents is 1. The smallest absolute Gasteiger partial charge is 0.197 e. The van der Waals surface area contributed by atoms with Crippen molar-refractivity contribution in [1.29, 1.82) is 0 Å². The number of carbonyl (C=O) groups excluding carboxylic acids is 1. The maximum absolute atomic E-state index is 12.6. The number of phenols is 1. The van der Waals surface area contributed by atoms with Crippen molar-refractivity contribution in [3.05, 3.63) is 61.7 Å². The van der Waals surface area contributed by atoms with Crippen LogP contribution < -0.4 is 0 Å². The highest BCUT2D eigenvalue weighted by atomic mass is 79.9. The molecule has 0 saturated heterocycles. The fourth-order valence-electron chi connectivity index (χ4n) is 2.25. The number of carbonyl (C=O) groups is 1. The van der Waals surface area contributed by atoms with Crippen molar-refractivity contribution in [1.82, 2.24) is 0 Å². The topological polar surface area (TPSA) is 50.4 Å². The molecule has 3 aromatic rings. The Morgan fingerprint density at radius 3 is 2.64 bits per heavy atom. The Bertz CT molecular complexity index is 915. The fourth-order valence-corrected chi connectivity index (χ4v) is 2.96. The second-order valence-electron chi connectivity index (χ2n) is 4.84. The number of hydrogen-bond donors (Lipinski definition) is 1. The van der Waals surface area contributed by atoms with Crippen LogP contribution in [0.25, 0.3) is 11.0 Å². The Labute approximate surface area is 144 Å². The van der Waals surface area contributed by atoms with Gasteiger partial charge >= 0.3 is 0 Å². The highest BCUT2D eigenvalue weighted by molar-refractivity contribution is 9.10. The first-order chi connectivity index (χ1) is 10.4. The van der Waals surface area contributed by atoms with Gasteiger partial charge in [-0.3, -0.25) is 4.79 Å². The average molecular weight is 400 g/mol. The van der Waals surface area contributed by atoms with E-state index in [1.165, 1.54) is 12.3 Å². The normalized spacial score (nSPS) is 11.1. The van der Waals surface area contributed by atoms with Crippen LogP contribution in [0.2, 0.25) is 10.0 Å². The molecule has 22 heavy (non-hydrogen) atoms. The van der Waals surface area contributed by atoms with Crippen molar-refractivity contribution < 1.29 is 14.3 Å². The number of rotatable bonds is 2. The minimum atomic E-state index is -0.302. The van der Waals surface area contributed by atoms with Crippen LogP contribution in [0.4, 0.5) is 0 Å². The van der Waals surface area contributed by atoms with Crippen LogP contribution in [0.3, 0.4) is 0 Å². The monoisotopic (exact) mass is 398 g/mol. The largest absolute Gasteiger partial charge is 0.507 e. The lowest BCUT2D eigenvalue weighted by molar-refractivity contribution is 0.103. The Morgan fingerprint density at radius 1 is 1.23 bits per heavy atom. The van der Waals surface area contributed by atoms with E-state index in [0.717, 1.165) is 5.56 Å². The summed E-state index contributed by atoms with van der Waals surface area (Å²) in [5, 5.41) is 11.2. The molecular formula is C16H9BrCl2O3. The lowest BCUT2D eigenvalue weighted by Gasteiger charge is -2.04. The quantitative estimate of drug-likeness (QED) is 0.558. The first-order valence-corrected chi connectivity index (χ1v) is 7.84. The Hall–Kier alpha value is -1.49. The van der Waals surface area contributed by atoms with E-state index in [-0.39, 0.29) is 17.1 Å². The number of halogens is 3. The molecule has 0 spiro atoms. The van der Waals surface area contributed by atoms with Gasteiger partial charge in [-0.2, -0.15) is 0 Å². The van der Waals surface area contributed by atoms with Crippen LogP contribution in [0, 0.1) is 6.92 Å². The van der Waals surface area contributed by atoms with Crippen LogP contribution in [-0.2, 0) is 0 Å². The second kappa shape index (κ2) is 5.61. The third-order valence-electron chi connectivity index (χ3n) is 3.37. The predicted molar refractivity (Wildman–Crippen MR) is 90.2 cm³/mol. The van der Waals surface area contributed by atoms with Crippen molar-refractivity contribution in [3.63, 3.8) is 0 Å². The summed E-state index contributed by atoms with van der Waals surface area (Å²) in [6, 6.07) is 6.20. The highest BCUT2D eigenvalue weighted by Gasteiger charge is 2.21. The van der Waals surface area contributed by atoms with E-state index in [0.29, 0.717) is 31.1 Å². The highest BCUT2D eigenvalue weighted by Crippen LogP contribution is 2.38. The van der Waals surface area contributed by atoms with Gasteiger partial charge in [0.2, 0.25) is 0 Å². The molecule has 1 aromatic heterocycles. The molecule has 0 fully saturated rings. The van der Waals surface area contributed by atoms with Crippen LogP contribution in [0.15, 0.2) is 39.4 Å². The Kier molecular flexibility index (Phi) is 3.93. The molecule has 1 N–H and O–H groups in total. The van der Waals surface area contributed by atoms with E-state index in [1.54, 1.807) is 18.2 Å². The Balaban J connectivity index is 2.20. The second-order valence-corrected chi connectivity index (χ2v) is 6.45. The van der Waals surface area contributed by atoms with Crippen molar-refractivity contribution >= 4 is 55.9 Å². The van der Waals surface area contributed by atoms with Gasteiger partial charge in [0.1, 0.15) is 12.0 Å². The molecule has 0 aliphatic rings. The van der Waals surface area contributed by atoms with E-state index >= 15 is 0 Å². The molecule has 0 bridgehead atoms. The standard InChI is InChI=1S/C16H9BrCl2O3/c1-7-4-12(20)13-9(6-22-16(13)14(7)17)15(21)8-2-3-10(18)11(19)5-8/h2-6,20H,1H3. The fraction of sp³-hybridized carbons (Fsp3) is 0.0625. The zero-order chi connectivity index (χ0) is 16.0. The molecule has 3 nitrogen and oxygen atoms in total. The first kappa shape index (κ1) is 15.4. The number of aryl methyl sites for hydroxylation is 1. The summed E-state index contributed by atoms with van der Waals surface area (Å²) in [6.07, 6.45) is 1.33. The van der Waals surface area contributed by atoms with Crippen molar-refractivity contribution in [3.8, 4) is 5.75 Å². The maximum atomic E-state index is 12.6. The molecule has 112 valence electrons. The van der Waals surface area contributed by atoms with Crippen LogP contribution in [-0.4, -0.2) is 10.9 Å². The summed E-state index contributed by atoms with van der Waals surface area (Å²) in [5.41, 5.74) is 1.88. The molecule has 0 aliphatic heterocycles. The van der Waals surface area contributed by atoms with Gasteiger partial charge in [0.25, 0.3) is 0 Å². The van der Waals surface area contributed by atoms with Crippen LogP contribution in [0.5, 0.6) is 5.75 Å². The molecule has 0 aliphatic carbocycles. The number of hydrogen-bond acceptors (Lipinski definition) is 3. The lowest BCUT2D eigenvalue weighted by atomic mass is 10.0. The van der Waals surface area contributed by atoms with Gasteiger partial charge in [0, 0.05) is 5.56 Å². The van der Waals surface area contributed by atoms with E-state index in [9.17, 15) is 9.90 Å². The third-order valence-corrected chi connectivity index (χ3v) is 5.10. The summed E-state index contributed by atoms with van der Waals surface area (Å²) < 4.78 is 6.15. The van der Waals surface area contributed by atoms with Crippen LogP contribution in [0.1, 0.15) is 21.5 Å². The van der Waals surface area contributed by atoms with Gasteiger partial charge in [0.05, 0.1) is 25.5 Å². The molecule has 0 saturated carbocycles. The summed E-state index contributed by atoms with van der Waals surface area (Å²) >= 11 is 15.2. The van der Waals surface area contributed by atoms with Gasteiger partial charge in [-0.25, -0.2) is 0 Å². The third kappa shape index (κ3) is 2.41. The van der Waals surface area contributed by atoms with E-state index in [2.05, 4.69) is 15.9 Å². The zero-order valence-corrected chi connectivity index (χ0v) is 14.4. The Morgan fingerprint density at radius 2 is 1.95 bits per heavy atom. The maximum Gasteiger partial charge on any atom is 0.197 e. The lowest BCUT2D eigenvalue weighted by Crippen LogP contribution is -2.00. The van der Waals surface area contributed by atoms with Crippen molar-refractivity contribution in [2.75, 3.05) is 0 Å². The number of furan rings is 1. The van der Waals surface area contributed by atoms with E-state index in [4.69, 9.17) is 27.6 Å². The van der Waals surface area contributed by atoms with Gasteiger partial charge in [-0.15, -0.1) is 0 Å². The first-order valence-electron chi connectivity index (χ1n) is 6.29. The van der Waals surface area contributed by atoms with Gasteiger partial charge in [0.15, 0.2) is 11.4 Å². The van der Waals surface area contributed by atoms with Gasteiger partial charge in [-0.05, 0) is 52.7 Å². The van der Waals surface area contributed by atoms with Crippen molar-refractivity contribution in [2.24, 2.45) is 0 Å². The summed E-state index contributed by atoms with van der Waals surface area (Å²) in [7, 11) is 0. The number of fused-ring (bicyclic) bond motifs is 1. The predicted octanol–water partition coefficient (Wildman–Crippen LogP) is 5.75. The molecule has 0 unspecified atom stereocenters. The summed E-state index contributed by atoms with van der Waals surface area (Å²) in [4.78, 5) is 12.6. The molecule has 0 radical (unpaired) electrons. The molecule has 0 amide bonds. The molecule has 3 rings (SSSR count). The van der Waals surface area contributed by atoms with Crippen molar-refractivity contribution in [2.45, 2.75) is 6.92 Å². The molecule has 2 aromatic carbocycles. The SMILES string of the molecule is Cc1cc(O)c2c(C(=O)c3ccc(Cl)c(Cl)c3)coc2c1Br. The molecule has 0 atom stereocenters. The van der Waals surface area contributed by atoms with E-state index in [1.807, 2.05) is 6.92 Å². The molecule has 6 heteroatoms. The molecule has 1 heterocycles. The summed E-state index contributed by atoms with van der Waals surface area (Å²) in [6.45, 7) is 1.83. The van der Waals surface area contributed by atoms with Crippen LogP contribution >= 0.6 is 39.1 Å². The zero-order valence-electron chi connectivity index (χ0n) is 11.3. The van der Waals surface area contributed by atoms with E-state index < -0.39 is 0 Å².